The number of amides is 2. The lowest BCUT2D eigenvalue weighted by atomic mass is 9.96. The highest BCUT2D eigenvalue weighted by molar-refractivity contribution is 5.87. The third kappa shape index (κ3) is 5.69. The Bertz CT molecular complexity index is 282. The molecule has 0 atom stereocenters. The second-order valence-electron chi connectivity index (χ2n) is 5.42. The van der Waals surface area contributed by atoms with E-state index >= 15 is 0 Å². The van der Waals surface area contributed by atoms with Gasteiger partial charge in [-0.15, -0.1) is 12.4 Å². The maximum absolute atomic E-state index is 11.9. The van der Waals surface area contributed by atoms with Gasteiger partial charge in [0, 0.05) is 25.0 Å². The zero-order valence-corrected chi connectivity index (χ0v) is 12.2. The molecule has 18 heavy (non-hydrogen) atoms. The summed E-state index contributed by atoms with van der Waals surface area (Å²) in [6.45, 7) is 8.91. The van der Waals surface area contributed by atoms with Gasteiger partial charge >= 0.3 is 0 Å². The molecule has 0 unspecified atom stereocenters. The fourth-order valence-electron chi connectivity index (χ4n) is 1.63. The Labute approximate surface area is 115 Å². The number of nitrogens with one attached hydrogen (secondary N) is 2. The lowest BCUT2D eigenvalue weighted by Crippen LogP contribution is -2.44. The first-order valence-corrected chi connectivity index (χ1v) is 6.18. The van der Waals surface area contributed by atoms with Crippen LogP contribution in [0.5, 0.6) is 0 Å². The van der Waals surface area contributed by atoms with Crippen molar-refractivity contribution < 1.29 is 9.59 Å². The highest BCUT2D eigenvalue weighted by Crippen LogP contribution is 2.12. The van der Waals surface area contributed by atoms with E-state index < -0.39 is 5.41 Å². The maximum Gasteiger partial charge on any atom is 0.242 e. The van der Waals surface area contributed by atoms with Crippen molar-refractivity contribution in [3.05, 3.63) is 0 Å². The Morgan fingerprint density at radius 1 is 1.22 bits per heavy atom. The molecule has 2 N–H and O–H groups in total. The van der Waals surface area contributed by atoms with Crippen molar-refractivity contribution in [2.75, 3.05) is 32.7 Å². The summed E-state index contributed by atoms with van der Waals surface area (Å²) >= 11 is 0. The summed E-state index contributed by atoms with van der Waals surface area (Å²) in [6.07, 6.45) is 0.971. The number of hydrogen-bond donors (Lipinski definition) is 2. The molecule has 6 heteroatoms. The van der Waals surface area contributed by atoms with Crippen LogP contribution in [0.1, 0.15) is 27.2 Å². The fraction of sp³-hybridized carbons (Fsp3) is 0.833. The summed E-state index contributed by atoms with van der Waals surface area (Å²) in [7, 11) is 0. The van der Waals surface area contributed by atoms with E-state index in [1.54, 1.807) is 0 Å². The van der Waals surface area contributed by atoms with E-state index in [-0.39, 0.29) is 30.8 Å². The zero-order valence-electron chi connectivity index (χ0n) is 11.4. The Morgan fingerprint density at radius 3 is 2.50 bits per heavy atom. The number of nitrogens with zero attached hydrogens (tertiary/aromatic N) is 1. The Balaban J connectivity index is 0.00000289. The third-order valence-corrected chi connectivity index (χ3v) is 2.77. The molecule has 0 spiro atoms. The highest BCUT2D eigenvalue weighted by atomic mass is 35.5. The van der Waals surface area contributed by atoms with E-state index in [4.69, 9.17) is 0 Å². The van der Waals surface area contributed by atoms with Crippen LogP contribution in [-0.2, 0) is 9.59 Å². The molecule has 1 heterocycles. The predicted molar refractivity (Wildman–Crippen MR) is 73.8 cm³/mol. The minimum absolute atomic E-state index is 0. The van der Waals surface area contributed by atoms with Crippen LogP contribution in [-0.4, -0.2) is 49.4 Å². The van der Waals surface area contributed by atoms with Gasteiger partial charge in [0.2, 0.25) is 11.8 Å². The minimum atomic E-state index is -0.444. The summed E-state index contributed by atoms with van der Waals surface area (Å²) in [5.74, 6) is -0.0786. The number of carbonyl (C=O) groups excluding carboxylic acids is 2. The second-order valence-corrected chi connectivity index (χ2v) is 5.42. The largest absolute Gasteiger partial charge is 0.347 e. The van der Waals surface area contributed by atoms with Gasteiger partial charge in [0.25, 0.3) is 0 Å². The number of rotatable bonds is 2. The molecule has 0 aromatic heterocycles. The van der Waals surface area contributed by atoms with E-state index in [0.717, 1.165) is 32.6 Å². The lowest BCUT2D eigenvalue weighted by molar-refractivity contribution is -0.135. The molecule has 0 radical (unpaired) electrons. The SMILES string of the molecule is CC(C)(C)C(=O)NCC(=O)N1CCCNCC1.Cl. The van der Waals surface area contributed by atoms with E-state index in [0.29, 0.717) is 0 Å². The monoisotopic (exact) mass is 277 g/mol. The number of carbonyl (C=O) groups is 2. The standard InChI is InChI=1S/C12H23N3O2.ClH/c1-12(2,3)11(17)14-9-10(16)15-7-4-5-13-6-8-15;/h13H,4-9H2,1-3H3,(H,14,17);1H. The van der Waals surface area contributed by atoms with Crippen molar-refractivity contribution in [3.63, 3.8) is 0 Å². The topological polar surface area (TPSA) is 61.4 Å². The van der Waals surface area contributed by atoms with Crippen molar-refractivity contribution >= 4 is 24.2 Å². The molecular formula is C12H24ClN3O2. The van der Waals surface area contributed by atoms with Gasteiger partial charge in [-0.05, 0) is 13.0 Å². The zero-order chi connectivity index (χ0) is 12.9. The molecule has 0 aliphatic carbocycles. The highest BCUT2D eigenvalue weighted by Gasteiger charge is 2.22. The van der Waals surface area contributed by atoms with E-state index in [1.165, 1.54) is 0 Å². The molecule has 1 rings (SSSR count). The van der Waals surface area contributed by atoms with E-state index in [1.807, 2.05) is 25.7 Å². The van der Waals surface area contributed by atoms with Crippen molar-refractivity contribution in [3.8, 4) is 0 Å². The van der Waals surface area contributed by atoms with Crippen LogP contribution < -0.4 is 10.6 Å². The summed E-state index contributed by atoms with van der Waals surface area (Å²) in [6, 6.07) is 0. The quantitative estimate of drug-likeness (QED) is 0.768. The first-order chi connectivity index (χ1) is 7.91. The van der Waals surface area contributed by atoms with Crippen molar-refractivity contribution in [1.29, 1.82) is 0 Å². The van der Waals surface area contributed by atoms with Crippen LogP contribution in [0.4, 0.5) is 0 Å². The molecule has 106 valence electrons. The van der Waals surface area contributed by atoms with E-state index in [9.17, 15) is 9.59 Å². The van der Waals surface area contributed by atoms with Gasteiger partial charge in [-0.25, -0.2) is 0 Å². The van der Waals surface area contributed by atoms with E-state index in [2.05, 4.69) is 10.6 Å². The molecule has 0 saturated carbocycles. The van der Waals surface area contributed by atoms with Gasteiger partial charge in [0.15, 0.2) is 0 Å². The molecule has 0 aromatic carbocycles. The minimum Gasteiger partial charge on any atom is -0.347 e. The van der Waals surface area contributed by atoms with Crippen LogP contribution in [0.15, 0.2) is 0 Å². The van der Waals surface area contributed by atoms with Gasteiger partial charge in [-0.3, -0.25) is 9.59 Å². The summed E-state index contributed by atoms with van der Waals surface area (Å²) < 4.78 is 0. The Morgan fingerprint density at radius 2 is 1.89 bits per heavy atom. The first kappa shape index (κ1) is 17.2. The van der Waals surface area contributed by atoms with Crippen LogP contribution in [0.25, 0.3) is 0 Å². The second kappa shape index (κ2) is 7.59. The average molecular weight is 278 g/mol. The van der Waals surface area contributed by atoms with Gasteiger partial charge in [-0.1, -0.05) is 20.8 Å². The van der Waals surface area contributed by atoms with Gasteiger partial charge in [-0.2, -0.15) is 0 Å². The van der Waals surface area contributed by atoms with Crippen LogP contribution in [0.3, 0.4) is 0 Å². The van der Waals surface area contributed by atoms with Gasteiger partial charge in [0.05, 0.1) is 6.54 Å². The number of halogens is 1. The van der Waals surface area contributed by atoms with Gasteiger partial charge < -0.3 is 15.5 Å². The molecule has 1 aliphatic heterocycles. The molecule has 1 aliphatic rings. The van der Waals surface area contributed by atoms with Crippen LogP contribution in [0.2, 0.25) is 0 Å². The van der Waals surface area contributed by atoms with Crippen LogP contribution in [0, 0.1) is 5.41 Å². The van der Waals surface area contributed by atoms with Crippen molar-refractivity contribution in [2.24, 2.45) is 5.41 Å². The van der Waals surface area contributed by atoms with Gasteiger partial charge in [0.1, 0.15) is 0 Å². The maximum atomic E-state index is 11.9. The summed E-state index contributed by atoms with van der Waals surface area (Å²) in [4.78, 5) is 25.3. The normalized spacial score (nSPS) is 16.5. The molecule has 2 amide bonds. The third-order valence-electron chi connectivity index (χ3n) is 2.77. The number of hydrogen-bond acceptors (Lipinski definition) is 3. The van der Waals surface area contributed by atoms with Crippen molar-refractivity contribution in [1.82, 2.24) is 15.5 Å². The Kier molecular flexibility index (Phi) is 7.25. The molecule has 0 bridgehead atoms. The lowest BCUT2D eigenvalue weighted by Gasteiger charge is -2.22. The molecular weight excluding hydrogens is 254 g/mol. The molecule has 0 aromatic rings. The molecule has 1 saturated heterocycles. The molecule has 1 fully saturated rings. The first-order valence-electron chi connectivity index (χ1n) is 6.18. The smallest absolute Gasteiger partial charge is 0.242 e. The van der Waals surface area contributed by atoms with Crippen LogP contribution >= 0.6 is 12.4 Å². The molecule has 5 nitrogen and oxygen atoms in total. The van der Waals surface area contributed by atoms with Crippen molar-refractivity contribution in [2.45, 2.75) is 27.2 Å². The summed E-state index contributed by atoms with van der Waals surface area (Å²) in [5.41, 5.74) is -0.444. The predicted octanol–water partition coefficient (Wildman–Crippen LogP) is 0.392. The summed E-state index contributed by atoms with van der Waals surface area (Å²) in [5, 5.41) is 5.93. The Hall–Kier alpha value is -0.810. The fourth-order valence-corrected chi connectivity index (χ4v) is 1.63. The average Bonchev–Trinajstić information content (AvgIpc) is 2.52.